The topological polar surface area (TPSA) is 78.0 Å². The van der Waals surface area contributed by atoms with Gasteiger partial charge in [-0.1, -0.05) is 6.92 Å². The van der Waals surface area contributed by atoms with Gasteiger partial charge in [0.15, 0.2) is 6.10 Å². The van der Waals surface area contributed by atoms with Gasteiger partial charge >= 0.3 is 5.97 Å². The lowest BCUT2D eigenvalue weighted by Gasteiger charge is -2.36. The number of rotatable bonds is 7. The number of aromatic nitrogens is 1. The van der Waals surface area contributed by atoms with Crippen molar-refractivity contribution in [1.82, 2.24) is 4.98 Å². The fourth-order valence-electron chi connectivity index (χ4n) is 3.18. The van der Waals surface area contributed by atoms with Gasteiger partial charge in [-0.2, -0.15) is 0 Å². The standard InChI is InChI=1S/C20H24N2O5S/c1-5-15(20(24)26-4)22-16-10-13(6-7-17(16)27-12(2)19(22)23)14-11-28-18(21-14)8-9-25-3/h6-7,10-12,15H,5,8-9H2,1-4H3. The van der Waals surface area contributed by atoms with Crippen molar-refractivity contribution in [3.63, 3.8) is 0 Å². The van der Waals surface area contributed by atoms with Crippen molar-refractivity contribution in [3.8, 4) is 17.0 Å². The molecule has 0 aliphatic carbocycles. The number of anilines is 1. The van der Waals surface area contributed by atoms with E-state index in [0.717, 1.165) is 22.7 Å². The predicted molar refractivity (Wildman–Crippen MR) is 107 cm³/mol. The lowest BCUT2D eigenvalue weighted by molar-refractivity contribution is -0.144. The third-order valence-corrected chi connectivity index (χ3v) is 5.56. The zero-order valence-corrected chi connectivity index (χ0v) is 17.2. The fourth-order valence-corrected chi connectivity index (χ4v) is 3.97. The second-order valence-corrected chi connectivity index (χ2v) is 7.41. The smallest absolute Gasteiger partial charge is 0.328 e. The van der Waals surface area contributed by atoms with E-state index >= 15 is 0 Å². The Bertz CT molecular complexity index is 866. The summed E-state index contributed by atoms with van der Waals surface area (Å²) >= 11 is 1.57. The molecule has 1 aliphatic heterocycles. The second kappa shape index (κ2) is 8.70. The van der Waals surface area contributed by atoms with E-state index in [1.807, 2.05) is 30.5 Å². The van der Waals surface area contributed by atoms with Crippen LogP contribution in [0, 0.1) is 0 Å². The second-order valence-electron chi connectivity index (χ2n) is 6.47. The van der Waals surface area contributed by atoms with E-state index in [1.165, 1.54) is 12.0 Å². The van der Waals surface area contributed by atoms with Crippen LogP contribution < -0.4 is 9.64 Å². The van der Waals surface area contributed by atoms with Crippen LogP contribution in [0.15, 0.2) is 23.6 Å². The van der Waals surface area contributed by atoms with Crippen molar-refractivity contribution >= 4 is 28.9 Å². The third kappa shape index (κ3) is 3.88. The fraction of sp³-hybridized carbons (Fsp3) is 0.450. The highest BCUT2D eigenvalue weighted by molar-refractivity contribution is 7.09. The van der Waals surface area contributed by atoms with Crippen molar-refractivity contribution in [2.24, 2.45) is 0 Å². The van der Waals surface area contributed by atoms with Crippen molar-refractivity contribution in [2.45, 2.75) is 38.8 Å². The van der Waals surface area contributed by atoms with Crippen molar-refractivity contribution in [3.05, 3.63) is 28.6 Å². The van der Waals surface area contributed by atoms with E-state index in [4.69, 9.17) is 14.2 Å². The van der Waals surface area contributed by atoms with Crippen molar-refractivity contribution < 1.29 is 23.8 Å². The maximum absolute atomic E-state index is 12.8. The molecule has 0 N–H and O–H groups in total. The van der Waals surface area contributed by atoms with Gasteiger partial charge in [0.05, 0.1) is 30.1 Å². The van der Waals surface area contributed by atoms with Gasteiger partial charge < -0.3 is 14.2 Å². The molecule has 1 aromatic carbocycles. The quantitative estimate of drug-likeness (QED) is 0.660. The van der Waals surface area contributed by atoms with Crippen LogP contribution >= 0.6 is 11.3 Å². The molecule has 2 atom stereocenters. The van der Waals surface area contributed by atoms with Gasteiger partial charge in [0.2, 0.25) is 0 Å². The molecule has 0 radical (unpaired) electrons. The van der Waals surface area contributed by atoms with Crippen LogP contribution in [0.1, 0.15) is 25.3 Å². The molecular weight excluding hydrogens is 380 g/mol. The lowest BCUT2D eigenvalue weighted by Crippen LogP contribution is -2.52. The molecule has 0 saturated heterocycles. The van der Waals surface area contributed by atoms with E-state index < -0.39 is 18.1 Å². The van der Waals surface area contributed by atoms with Crippen LogP contribution in [0.4, 0.5) is 5.69 Å². The Morgan fingerprint density at radius 3 is 2.86 bits per heavy atom. The van der Waals surface area contributed by atoms with Crippen LogP contribution in [0.3, 0.4) is 0 Å². The Morgan fingerprint density at radius 1 is 1.39 bits per heavy atom. The van der Waals surface area contributed by atoms with Crippen LogP contribution in [0.2, 0.25) is 0 Å². The van der Waals surface area contributed by atoms with Crippen LogP contribution in [-0.2, 0) is 25.5 Å². The summed E-state index contributed by atoms with van der Waals surface area (Å²) in [5.74, 6) is -0.147. The molecule has 0 bridgehead atoms. The van der Waals surface area contributed by atoms with Gasteiger partial charge in [-0.15, -0.1) is 11.3 Å². The van der Waals surface area contributed by atoms with E-state index in [9.17, 15) is 9.59 Å². The number of nitrogens with zero attached hydrogens (tertiary/aromatic N) is 2. The van der Waals surface area contributed by atoms with Crippen molar-refractivity contribution in [2.75, 3.05) is 25.7 Å². The number of amides is 1. The number of thiazole rings is 1. The predicted octanol–water partition coefficient (Wildman–Crippen LogP) is 3.06. The molecule has 0 spiro atoms. The summed E-state index contributed by atoms with van der Waals surface area (Å²) in [6.07, 6.45) is 0.515. The number of esters is 1. The molecule has 150 valence electrons. The highest BCUT2D eigenvalue weighted by Gasteiger charge is 2.39. The van der Waals surface area contributed by atoms with Crippen LogP contribution in [0.5, 0.6) is 5.75 Å². The Hall–Kier alpha value is -2.45. The SMILES string of the molecule is CCC(C(=O)OC)N1C(=O)C(C)Oc2ccc(-c3csc(CCOC)n3)cc21. The summed E-state index contributed by atoms with van der Waals surface area (Å²) in [7, 11) is 2.99. The monoisotopic (exact) mass is 404 g/mol. The van der Waals surface area contributed by atoms with E-state index in [2.05, 4.69) is 4.98 Å². The first kappa shape index (κ1) is 20.3. The molecule has 2 heterocycles. The van der Waals surface area contributed by atoms with Crippen molar-refractivity contribution in [1.29, 1.82) is 0 Å². The molecule has 0 saturated carbocycles. The van der Waals surface area contributed by atoms with Crippen LogP contribution in [0.25, 0.3) is 11.3 Å². The number of methoxy groups -OCH3 is 2. The maximum Gasteiger partial charge on any atom is 0.328 e. The van der Waals surface area contributed by atoms with Gasteiger partial charge in [0.1, 0.15) is 11.8 Å². The summed E-state index contributed by atoms with van der Waals surface area (Å²) < 4.78 is 15.8. The van der Waals surface area contributed by atoms with E-state index in [1.54, 1.807) is 25.4 Å². The molecule has 7 nitrogen and oxygen atoms in total. The summed E-state index contributed by atoms with van der Waals surface area (Å²) in [5, 5.41) is 2.95. The van der Waals surface area contributed by atoms with Gasteiger partial charge in [-0.25, -0.2) is 9.78 Å². The molecule has 1 amide bonds. The average molecular weight is 404 g/mol. The minimum absolute atomic E-state index is 0.263. The van der Waals surface area contributed by atoms with Gasteiger partial charge in [0, 0.05) is 24.5 Å². The zero-order valence-electron chi connectivity index (χ0n) is 16.4. The molecular formula is C20H24N2O5S. The molecule has 1 aromatic heterocycles. The third-order valence-electron chi connectivity index (χ3n) is 4.65. The number of fused-ring (bicyclic) bond motifs is 1. The first-order valence-corrected chi connectivity index (χ1v) is 10.0. The van der Waals surface area contributed by atoms with Gasteiger partial charge in [-0.05, 0) is 31.5 Å². The molecule has 2 aromatic rings. The van der Waals surface area contributed by atoms with E-state index in [-0.39, 0.29) is 5.91 Å². The first-order valence-electron chi connectivity index (χ1n) is 9.15. The highest BCUT2D eigenvalue weighted by atomic mass is 32.1. The summed E-state index contributed by atoms with van der Waals surface area (Å²) in [5.41, 5.74) is 2.23. The normalized spacial score (nSPS) is 17.1. The minimum Gasteiger partial charge on any atom is -0.479 e. The first-order chi connectivity index (χ1) is 13.5. The van der Waals surface area contributed by atoms with Crippen LogP contribution in [-0.4, -0.2) is 49.8 Å². The number of hydrogen-bond acceptors (Lipinski definition) is 7. The molecule has 8 heteroatoms. The number of benzene rings is 1. The van der Waals surface area contributed by atoms with Gasteiger partial charge in [0.25, 0.3) is 5.91 Å². The maximum atomic E-state index is 12.8. The number of hydrogen-bond donors (Lipinski definition) is 0. The Labute approximate surface area is 168 Å². The van der Waals surface area contributed by atoms with E-state index in [0.29, 0.717) is 24.5 Å². The molecule has 2 unspecified atom stereocenters. The molecule has 3 rings (SSSR count). The van der Waals surface area contributed by atoms with Gasteiger partial charge in [-0.3, -0.25) is 9.69 Å². The number of carbonyl (C=O) groups excluding carboxylic acids is 2. The highest BCUT2D eigenvalue weighted by Crippen LogP contribution is 2.39. The zero-order chi connectivity index (χ0) is 20.3. The Kier molecular flexibility index (Phi) is 6.31. The summed E-state index contributed by atoms with van der Waals surface area (Å²) in [4.78, 5) is 31.3. The lowest BCUT2D eigenvalue weighted by atomic mass is 10.0. The number of ether oxygens (including phenoxy) is 3. The molecule has 0 fully saturated rings. The number of carbonyl (C=O) groups is 2. The molecule has 1 aliphatic rings. The Morgan fingerprint density at radius 2 is 2.18 bits per heavy atom. The average Bonchev–Trinajstić information content (AvgIpc) is 3.18. The Balaban J connectivity index is 2.00. The summed E-state index contributed by atoms with van der Waals surface area (Å²) in [6.45, 7) is 4.14. The minimum atomic E-state index is -0.703. The summed E-state index contributed by atoms with van der Waals surface area (Å²) in [6, 6.07) is 4.87. The molecule has 28 heavy (non-hydrogen) atoms. The largest absolute Gasteiger partial charge is 0.479 e.